The van der Waals surface area contributed by atoms with E-state index >= 15 is 0 Å². The van der Waals surface area contributed by atoms with E-state index in [0.29, 0.717) is 22.8 Å². The van der Waals surface area contributed by atoms with Crippen molar-refractivity contribution >= 4 is 0 Å². The second-order valence-corrected chi connectivity index (χ2v) is 7.15. The molecule has 0 saturated carbocycles. The third-order valence-electron chi connectivity index (χ3n) is 5.14. The van der Waals surface area contributed by atoms with Crippen molar-refractivity contribution in [1.82, 2.24) is 24.1 Å². The zero-order valence-corrected chi connectivity index (χ0v) is 17.4. The summed E-state index contributed by atoms with van der Waals surface area (Å²) in [5.41, 5.74) is 2.32. The van der Waals surface area contributed by atoms with Crippen LogP contribution < -0.4 is 10.2 Å². The molecule has 9 heteroatoms. The molecule has 33 heavy (non-hydrogen) atoms. The van der Waals surface area contributed by atoms with Crippen LogP contribution in [0.1, 0.15) is 0 Å². The highest BCUT2D eigenvalue weighted by Crippen LogP contribution is 2.27. The first-order valence-corrected chi connectivity index (χ1v) is 9.97. The lowest BCUT2D eigenvalue weighted by molar-refractivity contribution is 0.411. The van der Waals surface area contributed by atoms with Gasteiger partial charge in [0.1, 0.15) is 11.4 Å². The fourth-order valence-electron chi connectivity index (χ4n) is 3.55. The third kappa shape index (κ3) is 3.69. The minimum absolute atomic E-state index is 0.208. The molecule has 0 spiro atoms. The molecule has 0 bridgehead atoms. The summed E-state index contributed by atoms with van der Waals surface area (Å²) in [5, 5.41) is 8.87. The van der Waals surface area contributed by atoms with Gasteiger partial charge in [-0.15, -0.1) is 0 Å². The van der Waals surface area contributed by atoms with E-state index in [2.05, 4.69) is 10.2 Å². The minimum atomic E-state index is -0.945. The fraction of sp³-hybridized carbons (Fsp3) is 0.0417. The van der Waals surface area contributed by atoms with E-state index in [1.54, 1.807) is 35.1 Å². The number of ether oxygens (including phenoxy) is 1. The molecule has 0 saturated heterocycles. The molecule has 0 unspecified atom stereocenters. The van der Waals surface area contributed by atoms with Gasteiger partial charge in [0.2, 0.25) is 5.43 Å². The zero-order valence-electron chi connectivity index (χ0n) is 17.4. The Balaban J connectivity index is 1.59. The molecule has 164 valence electrons. The summed E-state index contributed by atoms with van der Waals surface area (Å²) in [4.78, 5) is 12.7. The topological polar surface area (TPSA) is 66.9 Å². The van der Waals surface area contributed by atoms with Crippen LogP contribution in [-0.4, -0.2) is 31.2 Å². The van der Waals surface area contributed by atoms with Crippen molar-refractivity contribution in [2.75, 3.05) is 7.11 Å². The quantitative estimate of drug-likeness (QED) is 0.408. The molecule has 0 radical (unpaired) electrons. The van der Waals surface area contributed by atoms with Crippen LogP contribution in [-0.2, 0) is 0 Å². The second kappa shape index (κ2) is 8.19. The molecule has 5 aromatic rings. The molecular weight excluding hydrogens is 428 g/mol. The Morgan fingerprint density at radius 3 is 2.39 bits per heavy atom. The van der Waals surface area contributed by atoms with Crippen molar-refractivity contribution in [2.45, 2.75) is 0 Å². The molecule has 2 aromatic carbocycles. The highest BCUT2D eigenvalue weighted by Gasteiger charge is 2.16. The molecule has 3 heterocycles. The summed E-state index contributed by atoms with van der Waals surface area (Å²) < 4.78 is 36.9. The molecule has 0 aliphatic rings. The van der Waals surface area contributed by atoms with E-state index < -0.39 is 11.6 Å². The standard InChI is InChI=1S/C24H17F2N5O2/c1-33-23-13-17(29-14-18(25)19(26)15-29)7-8-20(23)30-12-10-22(32)24(28-30)21-9-11-27-31(21)16-5-3-2-4-6-16/h2-15H,1H3. The monoisotopic (exact) mass is 445 g/mol. The van der Waals surface area contributed by atoms with Crippen LogP contribution in [0.25, 0.3) is 28.5 Å². The van der Waals surface area contributed by atoms with Gasteiger partial charge in [-0.2, -0.15) is 10.2 Å². The lowest BCUT2D eigenvalue weighted by atomic mass is 10.2. The van der Waals surface area contributed by atoms with E-state index in [4.69, 9.17) is 4.74 Å². The maximum absolute atomic E-state index is 13.4. The number of rotatable bonds is 5. The molecule has 0 amide bonds. The Morgan fingerprint density at radius 2 is 1.67 bits per heavy atom. The summed E-state index contributed by atoms with van der Waals surface area (Å²) in [5.74, 6) is -1.49. The highest BCUT2D eigenvalue weighted by atomic mass is 19.2. The van der Waals surface area contributed by atoms with E-state index in [9.17, 15) is 13.6 Å². The van der Waals surface area contributed by atoms with Crippen molar-refractivity contribution in [2.24, 2.45) is 0 Å². The minimum Gasteiger partial charge on any atom is -0.494 e. The van der Waals surface area contributed by atoms with Gasteiger partial charge < -0.3 is 9.30 Å². The van der Waals surface area contributed by atoms with Gasteiger partial charge in [0.25, 0.3) is 0 Å². The lowest BCUT2D eigenvalue weighted by Crippen LogP contribution is -2.15. The van der Waals surface area contributed by atoms with Crippen molar-refractivity contribution in [3.05, 3.63) is 107 Å². The Morgan fingerprint density at radius 1 is 0.909 bits per heavy atom. The Bertz CT molecular complexity index is 1490. The van der Waals surface area contributed by atoms with Gasteiger partial charge in [-0.25, -0.2) is 18.1 Å². The largest absolute Gasteiger partial charge is 0.494 e. The number of methoxy groups -OCH3 is 1. The maximum Gasteiger partial charge on any atom is 0.209 e. The number of benzene rings is 2. The smallest absolute Gasteiger partial charge is 0.209 e. The average Bonchev–Trinajstić information content (AvgIpc) is 3.46. The van der Waals surface area contributed by atoms with Gasteiger partial charge in [0.15, 0.2) is 17.3 Å². The predicted octanol–water partition coefficient (Wildman–Crippen LogP) is 4.16. The first-order valence-electron chi connectivity index (χ1n) is 9.97. The van der Waals surface area contributed by atoms with Crippen LogP contribution in [0.5, 0.6) is 5.75 Å². The Hall–Kier alpha value is -4.53. The van der Waals surface area contributed by atoms with Crippen molar-refractivity contribution < 1.29 is 13.5 Å². The number of aromatic nitrogens is 5. The van der Waals surface area contributed by atoms with Crippen LogP contribution in [0.3, 0.4) is 0 Å². The van der Waals surface area contributed by atoms with Crippen LogP contribution in [0.4, 0.5) is 8.78 Å². The Kier molecular flexibility index (Phi) is 5.06. The molecule has 3 aromatic heterocycles. The summed E-state index contributed by atoms with van der Waals surface area (Å²) in [6.45, 7) is 0. The van der Waals surface area contributed by atoms with Crippen LogP contribution in [0.15, 0.2) is 90.2 Å². The van der Waals surface area contributed by atoms with E-state index in [0.717, 1.165) is 18.1 Å². The summed E-state index contributed by atoms with van der Waals surface area (Å²) >= 11 is 0. The Labute approximate surface area is 186 Å². The van der Waals surface area contributed by atoms with Crippen molar-refractivity contribution in [1.29, 1.82) is 0 Å². The van der Waals surface area contributed by atoms with E-state index in [1.165, 1.54) is 28.6 Å². The molecule has 0 atom stereocenters. The van der Waals surface area contributed by atoms with Crippen molar-refractivity contribution in [3.8, 4) is 34.2 Å². The fourth-order valence-corrected chi connectivity index (χ4v) is 3.55. The summed E-state index contributed by atoms with van der Waals surface area (Å²) in [7, 11) is 1.48. The van der Waals surface area contributed by atoms with Crippen LogP contribution in [0.2, 0.25) is 0 Å². The molecule has 0 N–H and O–H groups in total. The lowest BCUT2D eigenvalue weighted by Gasteiger charge is -2.14. The highest BCUT2D eigenvalue weighted by molar-refractivity contribution is 5.58. The molecule has 0 fully saturated rings. The molecule has 5 rings (SSSR count). The number of para-hydroxylation sites is 1. The number of nitrogens with zero attached hydrogens (tertiary/aromatic N) is 5. The van der Waals surface area contributed by atoms with Gasteiger partial charge in [0.05, 0.1) is 24.7 Å². The molecular formula is C24H17F2N5O2. The second-order valence-electron chi connectivity index (χ2n) is 7.15. The van der Waals surface area contributed by atoms with Gasteiger partial charge in [-0.1, -0.05) is 18.2 Å². The zero-order chi connectivity index (χ0) is 22.9. The number of hydrogen-bond donors (Lipinski definition) is 0. The van der Waals surface area contributed by atoms with E-state index in [-0.39, 0.29) is 11.1 Å². The molecule has 0 aliphatic heterocycles. The SMILES string of the molecule is COc1cc(-n2cc(F)c(F)c2)ccc1-n1ccc(=O)c(-c2ccnn2-c2ccccc2)n1. The summed E-state index contributed by atoms with van der Waals surface area (Å²) in [6.07, 6.45) is 5.22. The first kappa shape index (κ1) is 20.4. The van der Waals surface area contributed by atoms with Gasteiger partial charge in [0, 0.05) is 36.4 Å². The summed E-state index contributed by atoms with van der Waals surface area (Å²) in [6, 6.07) is 17.5. The molecule has 7 nitrogen and oxygen atoms in total. The first-order chi connectivity index (χ1) is 16.0. The van der Waals surface area contributed by atoms with Crippen molar-refractivity contribution in [3.63, 3.8) is 0 Å². The average molecular weight is 445 g/mol. The normalized spacial score (nSPS) is 11.0. The number of halogens is 2. The van der Waals surface area contributed by atoms with Gasteiger partial charge in [-0.3, -0.25) is 4.79 Å². The van der Waals surface area contributed by atoms with E-state index in [1.807, 2.05) is 30.3 Å². The van der Waals surface area contributed by atoms with Crippen LogP contribution >= 0.6 is 0 Å². The molecule has 0 aliphatic carbocycles. The predicted molar refractivity (Wildman–Crippen MR) is 118 cm³/mol. The van der Waals surface area contributed by atoms with Gasteiger partial charge in [-0.05, 0) is 30.3 Å². The third-order valence-corrected chi connectivity index (χ3v) is 5.14. The van der Waals surface area contributed by atoms with Crippen LogP contribution in [0, 0.1) is 11.6 Å². The van der Waals surface area contributed by atoms with Gasteiger partial charge >= 0.3 is 0 Å². The number of hydrogen-bond acceptors (Lipinski definition) is 4. The maximum atomic E-state index is 13.4.